The van der Waals surface area contributed by atoms with E-state index in [-0.39, 0.29) is 5.91 Å². The Bertz CT molecular complexity index is 1190. The minimum absolute atomic E-state index is 0.0854. The quantitative estimate of drug-likeness (QED) is 0.565. The molecule has 3 aromatic rings. The van der Waals surface area contributed by atoms with Gasteiger partial charge in [-0.3, -0.25) is 14.4 Å². The van der Waals surface area contributed by atoms with Gasteiger partial charge in [-0.2, -0.15) is 5.10 Å². The molecule has 1 fully saturated rings. The number of β-amino-alcohol motifs (C(OH)–C–C–N with tert-alkyl or cyclic N) is 1. The van der Waals surface area contributed by atoms with E-state index in [1.54, 1.807) is 12.0 Å². The molecule has 3 heterocycles. The molecule has 1 amide bonds. The number of aliphatic hydroxyl groups is 1. The van der Waals surface area contributed by atoms with Crippen molar-refractivity contribution in [3.63, 3.8) is 0 Å². The van der Waals surface area contributed by atoms with Crippen molar-refractivity contribution in [1.29, 1.82) is 0 Å². The number of benzene rings is 2. The molecule has 2 aliphatic rings. The Kier molecular flexibility index (Phi) is 7.09. The van der Waals surface area contributed by atoms with E-state index in [1.165, 1.54) is 5.56 Å². The Hall–Kier alpha value is -2.87. The molecule has 2 aromatic carbocycles. The van der Waals surface area contributed by atoms with E-state index in [4.69, 9.17) is 21.4 Å². The van der Waals surface area contributed by atoms with Crippen LogP contribution in [0.5, 0.6) is 5.75 Å². The summed E-state index contributed by atoms with van der Waals surface area (Å²) in [5.41, 5.74) is 4.89. The first-order chi connectivity index (χ1) is 17.0. The number of methoxy groups -OCH3 is 1. The highest BCUT2D eigenvalue weighted by molar-refractivity contribution is 6.30. The number of rotatable bonds is 6. The van der Waals surface area contributed by atoms with Crippen molar-refractivity contribution in [2.75, 3.05) is 26.7 Å². The maximum absolute atomic E-state index is 13.6. The molecule has 1 unspecified atom stereocenters. The van der Waals surface area contributed by atoms with Crippen LogP contribution in [0.1, 0.15) is 45.7 Å². The van der Waals surface area contributed by atoms with Gasteiger partial charge in [0.2, 0.25) is 0 Å². The van der Waals surface area contributed by atoms with Crippen LogP contribution in [0.25, 0.3) is 0 Å². The largest absolute Gasteiger partial charge is 0.497 e. The van der Waals surface area contributed by atoms with Crippen LogP contribution in [0.15, 0.2) is 48.5 Å². The van der Waals surface area contributed by atoms with E-state index in [9.17, 15) is 9.90 Å². The Morgan fingerprint density at radius 3 is 2.74 bits per heavy atom. The molecular weight excluding hydrogens is 464 g/mol. The molecule has 1 atom stereocenters. The summed E-state index contributed by atoms with van der Waals surface area (Å²) in [4.78, 5) is 17.7. The number of hydrogen-bond donors (Lipinski definition) is 1. The third kappa shape index (κ3) is 5.37. The SMILES string of the molecule is COc1cccc(Cn2nc(C(=O)N3CCCC(O)C3)c3c2CCN(Cc2ccc(Cl)cc2)C3)c1. The van der Waals surface area contributed by atoms with Gasteiger partial charge in [-0.05, 0) is 48.2 Å². The van der Waals surface area contributed by atoms with E-state index in [0.29, 0.717) is 31.9 Å². The molecule has 5 rings (SSSR count). The van der Waals surface area contributed by atoms with Gasteiger partial charge in [0.1, 0.15) is 5.75 Å². The molecule has 35 heavy (non-hydrogen) atoms. The summed E-state index contributed by atoms with van der Waals surface area (Å²) < 4.78 is 7.37. The molecule has 184 valence electrons. The summed E-state index contributed by atoms with van der Waals surface area (Å²) in [6, 6.07) is 15.9. The molecular formula is C27H31ClN4O3. The molecule has 1 N–H and O–H groups in total. The summed E-state index contributed by atoms with van der Waals surface area (Å²) in [6.45, 7) is 3.93. The van der Waals surface area contributed by atoms with Crippen LogP contribution in [0.2, 0.25) is 5.02 Å². The molecule has 0 bridgehead atoms. The molecule has 1 aromatic heterocycles. The number of piperidine rings is 1. The third-order valence-electron chi connectivity index (χ3n) is 6.89. The van der Waals surface area contributed by atoms with Gasteiger partial charge in [0.05, 0.1) is 19.8 Å². The topological polar surface area (TPSA) is 70.8 Å². The summed E-state index contributed by atoms with van der Waals surface area (Å²) in [7, 11) is 1.66. The van der Waals surface area contributed by atoms with E-state index in [1.807, 2.05) is 47.1 Å². The molecule has 1 saturated heterocycles. The Balaban J connectivity index is 1.44. The van der Waals surface area contributed by atoms with Crippen molar-refractivity contribution in [3.05, 3.63) is 81.6 Å². The zero-order valence-corrected chi connectivity index (χ0v) is 20.7. The lowest BCUT2D eigenvalue weighted by Gasteiger charge is -2.31. The molecule has 2 aliphatic heterocycles. The smallest absolute Gasteiger partial charge is 0.274 e. The second kappa shape index (κ2) is 10.4. The lowest BCUT2D eigenvalue weighted by atomic mass is 10.0. The second-order valence-electron chi connectivity index (χ2n) is 9.42. The molecule has 0 aliphatic carbocycles. The number of fused-ring (bicyclic) bond motifs is 1. The molecule has 7 nitrogen and oxygen atoms in total. The van der Waals surface area contributed by atoms with Crippen molar-refractivity contribution in [2.45, 2.75) is 45.0 Å². The monoisotopic (exact) mass is 494 g/mol. The van der Waals surface area contributed by atoms with E-state index < -0.39 is 6.10 Å². The maximum Gasteiger partial charge on any atom is 0.274 e. The number of amides is 1. The number of hydrogen-bond acceptors (Lipinski definition) is 5. The predicted octanol–water partition coefficient (Wildman–Crippen LogP) is 3.75. The van der Waals surface area contributed by atoms with Crippen molar-refractivity contribution in [2.24, 2.45) is 0 Å². The molecule has 0 spiro atoms. The molecule has 8 heteroatoms. The number of carbonyl (C=O) groups is 1. The Morgan fingerprint density at radius 1 is 1.14 bits per heavy atom. The van der Waals surface area contributed by atoms with E-state index in [2.05, 4.69) is 11.0 Å². The molecule has 0 radical (unpaired) electrons. The predicted molar refractivity (Wildman–Crippen MR) is 135 cm³/mol. The second-order valence-corrected chi connectivity index (χ2v) is 9.85. The standard InChI is InChI=1S/C27H31ClN4O3/c1-35-23-6-2-4-20(14-23)16-32-25-11-13-30(15-19-7-9-21(28)10-8-19)18-24(25)26(29-32)27(34)31-12-3-5-22(33)17-31/h2,4,6-10,14,22,33H,3,5,11-13,15-18H2,1H3. The van der Waals surface area contributed by atoms with E-state index >= 15 is 0 Å². The first-order valence-corrected chi connectivity index (χ1v) is 12.5. The fourth-order valence-corrected chi connectivity index (χ4v) is 5.19. The highest BCUT2D eigenvalue weighted by atomic mass is 35.5. The van der Waals surface area contributed by atoms with Gasteiger partial charge in [-0.1, -0.05) is 35.9 Å². The number of aromatic nitrogens is 2. The van der Waals surface area contributed by atoms with Gasteiger partial charge in [0, 0.05) is 55.4 Å². The van der Waals surface area contributed by atoms with Gasteiger partial charge in [0.15, 0.2) is 5.69 Å². The summed E-state index contributed by atoms with van der Waals surface area (Å²) in [6.07, 6.45) is 1.89. The lowest BCUT2D eigenvalue weighted by Crippen LogP contribution is -2.43. The van der Waals surface area contributed by atoms with Gasteiger partial charge in [0.25, 0.3) is 5.91 Å². The van der Waals surface area contributed by atoms with Crippen LogP contribution in [0.4, 0.5) is 0 Å². The summed E-state index contributed by atoms with van der Waals surface area (Å²) in [5, 5.41) is 15.7. The van der Waals surface area contributed by atoms with Gasteiger partial charge in [-0.15, -0.1) is 0 Å². The van der Waals surface area contributed by atoms with Crippen LogP contribution >= 0.6 is 11.6 Å². The fourth-order valence-electron chi connectivity index (χ4n) is 5.06. The summed E-state index contributed by atoms with van der Waals surface area (Å²) in [5.74, 6) is 0.717. The number of carbonyl (C=O) groups excluding carboxylic acids is 1. The third-order valence-corrected chi connectivity index (χ3v) is 7.14. The minimum atomic E-state index is -0.469. The van der Waals surface area contributed by atoms with Crippen molar-refractivity contribution < 1.29 is 14.6 Å². The van der Waals surface area contributed by atoms with Crippen LogP contribution in [0, 0.1) is 0 Å². The highest BCUT2D eigenvalue weighted by Crippen LogP contribution is 2.27. The van der Waals surface area contributed by atoms with Gasteiger partial charge >= 0.3 is 0 Å². The minimum Gasteiger partial charge on any atom is -0.497 e. The molecule has 0 saturated carbocycles. The first kappa shape index (κ1) is 23.9. The van der Waals surface area contributed by atoms with E-state index in [0.717, 1.165) is 59.9 Å². The van der Waals surface area contributed by atoms with Crippen LogP contribution < -0.4 is 4.74 Å². The van der Waals surface area contributed by atoms with Crippen molar-refractivity contribution in [1.82, 2.24) is 19.6 Å². The average Bonchev–Trinajstić information content (AvgIpc) is 3.22. The van der Waals surface area contributed by atoms with Gasteiger partial charge < -0.3 is 14.7 Å². The first-order valence-electron chi connectivity index (χ1n) is 12.2. The van der Waals surface area contributed by atoms with Crippen LogP contribution in [-0.4, -0.2) is 63.4 Å². The lowest BCUT2D eigenvalue weighted by molar-refractivity contribution is 0.0466. The normalized spacial score (nSPS) is 18.4. The highest BCUT2D eigenvalue weighted by Gasteiger charge is 2.32. The van der Waals surface area contributed by atoms with Crippen LogP contribution in [-0.2, 0) is 26.1 Å². The number of ether oxygens (including phenoxy) is 1. The zero-order chi connectivity index (χ0) is 24.4. The van der Waals surface area contributed by atoms with Gasteiger partial charge in [-0.25, -0.2) is 0 Å². The average molecular weight is 495 g/mol. The maximum atomic E-state index is 13.6. The number of aliphatic hydroxyl groups excluding tert-OH is 1. The van der Waals surface area contributed by atoms with Crippen molar-refractivity contribution in [3.8, 4) is 5.75 Å². The van der Waals surface area contributed by atoms with Crippen molar-refractivity contribution >= 4 is 17.5 Å². The number of halogens is 1. The number of nitrogens with zero attached hydrogens (tertiary/aromatic N) is 4. The number of likely N-dealkylation sites (tertiary alicyclic amines) is 1. The zero-order valence-electron chi connectivity index (χ0n) is 20.0. The Labute approximate surface area is 210 Å². The fraction of sp³-hybridized carbons (Fsp3) is 0.407. The Morgan fingerprint density at radius 2 is 1.97 bits per heavy atom. The summed E-state index contributed by atoms with van der Waals surface area (Å²) >= 11 is 6.06. The van der Waals surface area contributed by atoms with Crippen LogP contribution in [0.3, 0.4) is 0 Å².